The van der Waals surface area contributed by atoms with Gasteiger partial charge >= 0.3 is 17.1 Å². The van der Waals surface area contributed by atoms with Crippen molar-refractivity contribution in [2.45, 2.75) is 98.7 Å². The summed E-state index contributed by atoms with van der Waals surface area (Å²) in [5, 5.41) is 3.07. The maximum Gasteiger partial charge on any atom is 2.00 e. The van der Waals surface area contributed by atoms with E-state index >= 15 is 0 Å². The van der Waals surface area contributed by atoms with Gasteiger partial charge in [0.15, 0.2) is 0 Å². The maximum absolute atomic E-state index is 5.43. The molecule has 2 nitrogen and oxygen atoms in total. The number of benzene rings is 2. The van der Waals surface area contributed by atoms with Crippen LogP contribution in [0.15, 0.2) is 121 Å². The molecule has 8 aliphatic carbocycles. The summed E-state index contributed by atoms with van der Waals surface area (Å²) in [6.45, 7) is 0. The van der Waals surface area contributed by atoms with E-state index < -0.39 is 5.16 Å². The van der Waals surface area contributed by atoms with Crippen LogP contribution in [0, 0.1) is 35.5 Å². The minimum absolute atomic E-state index is 0. The van der Waals surface area contributed by atoms with Gasteiger partial charge in [0, 0.05) is 10.8 Å². The molecule has 6 aromatic rings. The molecule has 8 fully saturated rings. The molecule has 0 saturated heterocycles. The van der Waals surface area contributed by atoms with Crippen molar-refractivity contribution in [3.63, 3.8) is 0 Å². The molecule has 1 unspecified atom stereocenters. The predicted octanol–water partition coefficient (Wildman–Crippen LogP) is 13.0. The fourth-order valence-corrected chi connectivity index (χ4v) is 19.8. The Hall–Kier alpha value is -2.66. The summed E-state index contributed by atoms with van der Waals surface area (Å²) < 4.78 is 0. The van der Waals surface area contributed by atoms with E-state index in [1.165, 1.54) is 22.5 Å². The van der Waals surface area contributed by atoms with E-state index in [1.54, 1.807) is 82.6 Å². The molecule has 2 heterocycles. The van der Waals surface area contributed by atoms with E-state index in [0.29, 0.717) is 10.3 Å². The molecule has 0 radical (unpaired) electrons. The van der Waals surface area contributed by atoms with E-state index in [2.05, 4.69) is 100 Å². The molecule has 4 aromatic carbocycles. The van der Waals surface area contributed by atoms with Crippen molar-refractivity contribution in [3.05, 3.63) is 144 Å². The van der Waals surface area contributed by atoms with Gasteiger partial charge < -0.3 is 0 Å². The van der Waals surface area contributed by atoms with Gasteiger partial charge in [-0.1, -0.05) is 54.7 Å². The van der Waals surface area contributed by atoms with Crippen molar-refractivity contribution < 1.29 is 17.1 Å². The molecule has 0 N–H and O–H groups in total. The zero-order valence-electron chi connectivity index (χ0n) is 32.0. The first kappa shape index (κ1) is 36.7. The van der Waals surface area contributed by atoms with Gasteiger partial charge in [-0.3, -0.25) is 9.97 Å². The molecule has 0 aliphatic heterocycles. The Balaban J connectivity index is 0.000000578. The summed E-state index contributed by atoms with van der Waals surface area (Å²) in [6, 6.07) is 43.7. The third-order valence-electron chi connectivity index (χ3n) is 15.4. The summed E-state index contributed by atoms with van der Waals surface area (Å²) in [7, 11) is 3.19. The molecule has 0 amide bonds. The quantitative estimate of drug-likeness (QED) is 0.0913. The average molecular weight is 801 g/mol. The Morgan fingerprint density at radius 3 is 1.42 bits per heavy atom. The van der Waals surface area contributed by atoms with Crippen molar-refractivity contribution >= 4 is 39.0 Å². The van der Waals surface area contributed by atoms with Crippen LogP contribution in [0.3, 0.4) is 0 Å². The molecule has 1 atom stereocenters. The summed E-state index contributed by atoms with van der Waals surface area (Å²) in [5.41, 5.74) is 7.30. The van der Waals surface area contributed by atoms with Crippen LogP contribution in [0.25, 0.3) is 21.8 Å². The standard InChI is InChI=1S/C45H49N2P2.C5H5.Fe/c48-45(41-14-12-35-6-1-3-10-39(35)46-41,42-15-13-36-7-2-4-11-40(36)47-42)38-9-5-8-37(38)28-49(43-22-29-16-30(23-43)18-31(17-29)24-43)44-25-32-19-33(26-44)21-34(20-32)27-44;1-2-4-5-3-1;/h1-15,29-34H,16-28,48H2;1-5H;/q2*-1;+2. The normalized spacial score (nSPS) is 31.9. The number of fused-ring (bicyclic) bond motifs is 2. The number of rotatable bonds is 7. The molecule has 282 valence electrons. The summed E-state index contributed by atoms with van der Waals surface area (Å²) in [5.74, 6) is 6.05. The Kier molecular flexibility index (Phi) is 9.54. The first-order valence-corrected chi connectivity index (χ1v) is 23.3. The third kappa shape index (κ3) is 6.35. The molecule has 8 bridgehead atoms. The van der Waals surface area contributed by atoms with Gasteiger partial charge in [-0.25, -0.2) is 18.2 Å². The molecule has 8 saturated carbocycles. The van der Waals surface area contributed by atoms with Crippen LogP contribution in [0.5, 0.6) is 0 Å². The van der Waals surface area contributed by atoms with E-state index in [4.69, 9.17) is 9.97 Å². The second-order valence-corrected chi connectivity index (χ2v) is 22.8. The van der Waals surface area contributed by atoms with E-state index in [0.717, 1.165) is 57.9 Å². The largest absolute Gasteiger partial charge is 2.00 e. The second-order valence-electron chi connectivity index (χ2n) is 18.9. The first-order valence-electron chi connectivity index (χ1n) is 21.2. The van der Waals surface area contributed by atoms with Crippen LogP contribution in [-0.2, 0) is 28.4 Å². The van der Waals surface area contributed by atoms with Crippen LogP contribution in [0.4, 0.5) is 0 Å². The SMILES string of the molecule is PC(c1ccc2ccccc2n1)(c1ccc2ccccc2n1)c1[cH-]ccc1CP(C12CC3CC(CC(C3)C1)C2)C12CC3CC(CC(C3)C1)C2.[Fe+2].c1cc[cH-]c1. The molecular formula is C50H54FeN2P2. The Labute approximate surface area is 342 Å². The predicted molar refractivity (Wildman–Crippen MR) is 230 cm³/mol. The molecule has 5 heteroatoms. The maximum atomic E-state index is 5.43. The molecule has 14 rings (SSSR count). The fourth-order valence-electron chi connectivity index (χ4n) is 14.1. The van der Waals surface area contributed by atoms with E-state index in [9.17, 15) is 0 Å². The number of nitrogens with zero attached hydrogens (tertiary/aromatic N) is 2. The van der Waals surface area contributed by atoms with Gasteiger partial charge in [-0.15, -0.1) is 22.7 Å². The van der Waals surface area contributed by atoms with Crippen LogP contribution >= 0.6 is 17.2 Å². The van der Waals surface area contributed by atoms with E-state index in [-0.39, 0.29) is 25.0 Å². The minimum atomic E-state index is -0.531. The van der Waals surface area contributed by atoms with E-state index in [1.807, 2.05) is 30.3 Å². The zero-order valence-corrected chi connectivity index (χ0v) is 35.1. The van der Waals surface area contributed by atoms with Gasteiger partial charge in [0.1, 0.15) is 0 Å². The smallest absolute Gasteiger partial charge is 0.251 e. The van der Waals surface area contributed by atoms with Crippen molar-refractivity contribution in [1.29, 1.82) is 0 Å². The monoisotopic (exact) mass is 800 g/mol. The van der Waals surface area contributed by atoms with Crippen molar-refractivity contribution in [2.75, 3.05) is 0 Å². The Morgan fingerprint density at radius 1 is 0.564 bits per heavy atom. The number of hydrogen-bond donors (Lipinski definition) is 0. The Morgan fingerprint density at radius 2 is 1.00 bits per heavy atom. The van der Waals surface area contributed by atoms with Gasteiger partial charge in [0.05, 0.1) is 27.6 Å². The number of aromatic nitrogens is 2. The third-order valence-corrected chi connectivity index (χ3v) is 20.3. The molecule has 0 spiro atoms. The summed E-state index contributed by atoms with van der Waals surface area (Å²) in [6.07, 6.45) is 19.8. The minimum Gasteiger partial charge on any atom is -0.251 e. The van der Waals surface area contributed by atoms with Crippen LogP contribution in [-0.4, -0.2) is 20.3 Å². The van der Waals surface area contributed by atoms with Crippen molar-refractivity contribution in [1.82, 2.24) is 9.97 Å². The average Bonchev–Trinajstić information content (AvgIpc) is 3.92. The summed E-state index contributed by atoms with van der Waals surface area (Å²) in [4.78, 5) is 10.9. The van der Waals surface area contributed by atoms with Gasteiger partial charge in [0.2, 0.25) is 0 Å². The zero-order chi connectivity index (χ0) is 35.9. The van der Waals surface area contributed by atoms with Gasteiger partial charge in [-0.05, 0) is 147 Å². The van der Waals surface area contributed by atoms with Crippen LogP contribution < -0.4 is 0 Å². The molecule has 2 aromatic heterocycles. The van der Waals surface area contributed by atoms with Crippen LogP contribution in [0.2, 0.25) is 0 Å². The topological polar surface area (TPSA) is 25.8 Å². The molecule has 55 heavy (non-hydrogen) atoms. The van der Waals surface area contributed by atoms with Gasteiger partial charge in [-0.2, -0.15) is 35.9 Å². The van der Waals surface area contributed by atoms with Crippen molar-refractivity contribution in [2.24, 2.45) is 35.5 Å². The first-order chi connectivity index (χ1) is 26.4. The fraction of sp³-hybridized carbons (Fsp3) is 0.440. The second kappa shape index (κ2) is 14.3. The molecular weight excluding hydrogens is 746 g/mol. The number of hydrogen-bond acceptors (Lipinski definition) is 2. The summed E-state index contributed by atoms with van der Waals surface area (Å²) >= 11 is 0. The number of pyridine rings is 2. The molecule has 8 aliphatic rings. The number of para-hydroxylation sites is 2. The van der Waals surface area contributed by atoms with Gasteiger partial charge in [0.25, 0.3) is 0 Å². The van der Waals surface area contributed by atoms with Crippen molar-refractivity contribution in [3.8, 4) is 0 Å². The van der Waals surface area contributed by atoms with Crippen LogP contribution in [0.1, 0.15) is 99.6 Å². The Bertz CT molecular complexity index is 2080.